The van der Waals surface area contributed by atoms with Crippen molar-refractivity contribution in [1.29, 1.82) is 0 Å². The van der Waals surface area contributed by atoms with Crippen LogP contribution in [-0.4, -0.2) is 23.8 Å². The van der Waals surface area contributed by atoms with Gasteiger partial charge in [-0.15, -0.1) is 11.3 Å². The van der Waals surface area contributed by atoms with E-state index in [0.717, 1.165) is 15.6 Å². The Kier molecular flexibility index (Phi) is 8.24. The Morgan fingerprint density at radius 1 is 1.30 bits per heavy atom. The second kappa shape index (κ2) is 11.1. The number of nitrogens with zero attached hydrogens (tertiary/aromatic N) is 2. The molecule has 0 spiro atoms. The van der Waals surface area contributed by atoms with Crippen molar-refractivity contribution >= 4 is 56.2 Å². The number of esters is 1. The predicted octanol–water partition coefficient (Wildman–Crippen LogP) is 5.69. The van der Waals surface area contributed by atoms with Crippen molar-refractivity contribution in [2.45, 2.75) is 20.0 Å². The molecule has 0 aliphatic rings. The number of hydrogen-bond donors (Lipinski definition) is 1. The fraction of sp³-hybridized carbons (Fsp3) is 0.190. The summed E-state index contributed by atoms with van der Waals surface area (Å²) in [7, 11) is 0. The first kappa shape index (κ1) is 22.3. The van der Waals surface area contributed by atoms with Crippen molar-refractivity contribution in [1.82, 2.24) is 4.98 Å². The molecule has 1 N–H and O–H groups in total. The highest BCUT2D eigenvalue weighted by Gasteiger charge is 2.08. The van der Waals surface area contributed by atoms with Crippen molar-refractivity contribution in [3.05, 3.63) is 74.2 Å². The van der Waals surface area contributed by atoms with E-state index in [9.17, 15) is 4.79 Å². The molecule has 1 heterocycles. The molecule has 6 nitrogen and oxygen atoms in total. The number of hydrogen-bond acceptors (Lipinski definition) is 7. The maximum atomic E-state index is 11.5. The number of halogens is 2. The van der Waals surface area contributed by atoms with Crippen LogP contribution in [0, 0.1) is 0 Å². The summed E-state index contributed by atoms with van der Waals surface area (Å²) in [6, 6.07) is 13.3. The highest BCUT2D eigenvalue weighted by atomic mass is 79.9. The number of carbonyl (C=O) groups excluding carboxylic acids is 1. The van der Waals surface area contributed by atoms with Crippen LogP contribution in [0.5, 0.6) is 5.75 Å². The van der Waals surface area contributed by atoms with Crippen molar-refractivity contribution < 1.29 is 14.3 Å². The van der Waals surface area contributed by atoms with E-state index >= 15 is 0 Å². The molecule has 0 fully saturated rings. The lowest BCUT2D eigenvalue weighted by Crippen LogP contribution is -2.07. The van der Waals surface area contributed by atoms with Crippen molar-refractivity contribution in [3.63, 3.8) is 0 Å². The van der Waals surface area contributed by atoms with E-state index in [1.165, 1.54) is 11.3 Å². The van der Waals surface area contributed by atoms with Gasteiger partial charge in [0.15, 0.2) is 0 Å². The Hall–Kier alpha value is -2.42. The number of anilines is 1. The van der Waals surface area contributed by atoms with Gasteiger partial charge in [-0.3, -0.25) is 10.2 Å². The average Bonchev–Trinajstić information content (AvgIpc) is 3.16. The molecule has 0 atom stereocenters. The Labute approximate surface area is 192 Å². The van der Waals surface area contributed by atoms with E-state index < -0.39 is 0 Å². The number of thiazole rings is 1. The summed E-state index contributed by atoms with van der Waals surface area (Å²) in [5, 5.41) is 7.17. The molecule has 0 aliphatic heterocycles. The third kappa shape index (κ3) is 6.83. The van der Waals surface area contributed by atoms with Gasteiger partial charge in [-0.05, 0) is 42.8 Å². The quantitative estimate of drug-likeness (QED) is 0.228. The first-order chi connectivity index (χ1) is 14.5. The third-order valence-corrected chi connectivity index (χ3v) is 5.39. The molecule has 0 saturated carbocycles. The lowest BCUT2D eigenvalue weighted by atomic mass is 10.2. The summed E-state index contributed by atoms with van der Waals surface area (Å²) >= 11 is 10.9. The topological polar surface area (TPSA) is 72.8 Å². The van der Waals surface area contributed by atoms with Crippen molar-refractivity contribution in [3.8, 4) is 5.75 Å². The molecule has 0 radical (unpaired) electrons. The molecular weight excluding hydrogens is 490 g/mol. The predicted molar refractivity (Wildman–Crippen MR) is 124 cm³/mol. The van der Waals surface area contributed by atoms with Gasteiger partial charge >= 0.3 is 5.97 Å². The van der Waals surface area contributed by atoms with Gasteiger partial charge in [0.2, 0.25) is 5.13 Å². The number of hydrazone groups is 1. The number of carbonyl (C=O) groups is 1. The summed E-state index contributed by atoms with van der Waals surface area (Å²) in [5.74, 6) is 0.361. The Bertz CT molecular complexity index is 1020. The highest BCUT2D eigenvalue weighted by molar-refractivity contribution is 9.10. The maximum Gasteiger partial charge on any atom is 0.311 e. The van der Waals surface area contributed by atoms with E-state index in [4.69, 9.17) is 21.1 Å². The zero-order chi connectivity index (χ0) is 21.3. The number of rotatable bonds is 9. The van der Waals surface area contributed by atoms with Gasteiger partial charge in [-0.1, -0.05) is 39.7 Å². The van der Waals surface area contributed by atoms with Gasteiger partial charge in [-0.25, -0.2) is 4.98 Å². The molecule has 1 aromatic heterocycles. The summed E-state index contributed by atoms with van der Waals surface area (Å²) in [4.78, 5) is 15.9. The van der Waals surface area contributed by atoms with E-state index in [-0.39, 0.29) is 12.4 Å². The van der Waals surface area contributed by atoms with Gasteiger partial charge in [0.1, 0.15) is 12.4 Å². The van der Waals surface area contributed by atoms with E-state index in [2.05, 4.69) is 31.4 Å². The average molecular weight is 509 g/mol. The second-order valence-corrected chi connectivity index (χ2v) is 8.30. The molecule has 3 rings (SSSR count). The van der Waals surface area contributed by atoms with Crippen molar-refractivity contribution in [2.75, 3.05) is 12.0 Å². The monoisotopic (exact) mass is 507 g/mol. The third-order valence-electron chi connectivity index (χ3n) is 3.83. The molecule has 0 bridgehead atoms. The van der Waals surface area contributed by atoms with Gasteiger partial charge in [0.05, 0.1) is 24.9 Å². The van der Waals surface area contributed by atoms with E-state index in [1.54, 1.807) is 30.7 Å². The first-order valence-corrected chi connectivity index (χ1v) is 11.1. The van der Waals surface area contributed by atoms with Crippen LogP contribution in [0.15, 0.2) is 57.4 Å². The van der Waals surface area contributed by atoms with Crippen LogP contribution >= 0.6 is 38.9 Å². The fourth-order valence-corrected chi connectivity index (χ4v) is 3.55. The summed E-state index contributed by atoms with van der Waals surface area (Å²) in [6.45, 7) is 2.55. The maximum absolute atomic E-state index is 11.5. The standard InChI is InChI=1S/C21H19BrClN3O3S/c1-2-28-20(27)10-18-13-30-21(25-18)26-24-11-15-9-17(23)7-8-19(15)29-12-14-3-5-16(22)6-4-14/h3-9,11,13H,2,10,12H2,1H3,(H,25,26). The lowest BCUT2D eigenvalue weighted by molar-refractivity contribution is -0.142. The fourth-order valence-electron chi connectivity index (χ4n) is 2.45. The minimum atomic E-state index is -0.302. The molecular formula is C21H19BrClN3O3S. The molecule has 0 aliphatic carbocycles. The number of benzene rings is 2. The Morgan fingerprint density at radius 2 is 2.10 bits per heavy atom. The summed E-state index contributed by atoms with van der Waals surface area (Å²) in [6.07, 6.45) is 1.76. The van der Waals surface area contributed by atoms with Gasteiger partial charge < -0.3 is 9.47 Å². The van der Waals surface area contributed by atoms with Gasteiger partial charge in [-0.2, -0.15) is 5.10 Å². The van der Waals surface area contributed by atoms with E-state index in [1.807, 2.05) is 30.3 Å². The summed E-state index contributed by atoms with van der Waals surface area (Å²) < 4.78 is 11.9. The number of nitrogens with one attached hydrogen (secondary N) is 1. The first-order valence-electron chi connectivity index (χ1n) is 9.09. The zero-order valence-electron chi connectivity index (χ0n) is 16.1. The number of aromatic nitrogens is 1. The SMILES string of the molecule is CCOC(=O)Cc1csc(NN=Cc2cc(Cl)ccc2OCc2ccc(Br)cc2)n1. The molecule has 3 aromatic rings. The Morgan fingerprint density at radius 3 is 2.87 bits per heavy atom. The van der Waals surface area contributed by atoms with Crippen LogP contribution < -0.4 is 10.2 Å². The lowest BCUT2D eigenvalue weighted by Gasteiger charge is -2.09. The molecule has 0 unspecified atom stereocenters. The molecule has 0 amide bonds. The molecule has 30 heavy (non-hydrogen) atoms. The highest BCUT2D eigenvalue weighted by Crippen LogP contribution is 2.23. The molecule has 2 aromatic carbocycles. The minimum absolute atomic E-state index is 0.137. The number of ether oxygens (including phenoxy) is 2. The zero-order valence-corrected chi connectivity index (χ0v) is 19.3. The smallest absolute Gasteiger partial charge is 0.311 e. The van der Waals surface area contributed by atoms with Gasteiger partial charge in [0.25, 0.3) is 0 Å². The van der Waals surface area contributed by atoms with Crippen molar-refractivity contribution in [2.24, 2.45) is 5.10 Å². The van der Waals surface area contributed by atoms with Gasteiger partial charge in [0, 0.05) is 20.4 Å². The van der Waals surface area contributed by atoms with Crippen LogP contribution in [0.4, 0.5) is 5.13 Å². The van der Waals surface area contributed by atoms with Crippen LogP contribution in [0.2, 0.25) is 5.02 Å². The molecule has 9 heteroatoms. The normalized spacial score (nSPS) is 10.9. The van der Waals surface area contributed by atoms with Crippen LogP contribution in [0.3, 0.4) is 0 Å². The van der Waals surface area contributed by atoms with Crippen LogP contribution in [0.25, 0.3) is 0 Å². The van der Waals surface area contributed by atoms with Crippen LogP contribution in [0.1, 0.15) is 23.7 Å². The molecule has 156 valence electrons. The molecule has 0 saturated heterocycles. The second-order valence-electron chi connectivity index (χ2n) is 6.09. The largest absolute Gasteiger partial charge is 0.488 e. The Balaban J connectivity index is 1.62. The van der Waals surface area contributed by atoms with E-state index in [0.29, 0.717) is 34.8 Å². The minimum Gasteiger partial charge on any atom is -0.488 e. The summed E-state index contributed by atoms with van der Waals surface area (Å²) in [5.41, 5.74) is 5.28. The van der Waals surface area contributed by atoms with Crippen LogP contribution in [-0.2, 0) is 22.6 Å².